The van der Waals surface area contributed by atoms with Crippen LogP contribution in [-0.4, -0.2) is 41.2 Å². The highest BCUT2D eigenvalue weighted by atomic mass is 19.3. The molecule has 1 aromatic rings. The maximum Gasteiger partial charge on any atom is 0.410 e. The zero-order valence-electron chi connectivity index (χ0n) is 14.9. The molecular weight excluding hydrogens is 340 g/mol. The van der Waals surface area contributed by atoms with Crippen molar-refractivity contribution in [1.29, 1.82) is 0 Å². The molecule has 1 aliphatic carbocycles. The van der Waals surface area contributed by atoms with E-state index in [1.807, 2.05) is 30.3 Å². The van der Waals surface area contributed by atoms with Crippen molar-refractivity contribution in [3.05, 3.63) is 35.9 Å². The van der Waals surface area contributed by atoms with Gasteiger partial charge in [-0.3, -0.25) is 0 Å². The summed E-state index contributed by atoms with van der Waals surface area (Å²) < 4.78 is 34.3. The molecule has 6 heteroatoms. The molecule has 3 rings (SSSR count). The number of rotatable bonds is 4. The van der Waals surface area contributed by atoms with Crippen LogP contribution in [0.4, 0.5) is 13.6 Å². The Morgan fingerprint density at radius 1 is 1.15 bits per heavy atom. The predicted molar refractivity (Wildman–Crippen MR) is 93.8 cm³/mol. The van der Waals surface area contributed by atoms with E-state index in [1.165, 1.54) is 0 Å². The van der Waals surface area contributed by atoms with Crippen LogP contribution in [0.5, 0.6) is 0 Å². The number of hydrogen-bond donors (Lipinski definition) is 1. The summed E-state index contributed by atoms with van der Waals surface area (Å²) in [5.41, 5.74) is 0.835. The number of aliphatic hydroxyl groups is 1. The average molecular weight is 367 g/mol. The highest BCUT2D eigenvalue weighted by Crippen LogP contribution is 2.40. The lowest BCUT2D eigenvalue weighted by atomic mass is 9.78. The van der Waals surface area contributed by atoms with Gasteiger partial charge in [0, 0.05) is 12.5 Å². The van der Waals surface area contributed by atoms with Crippen LogP contribution in [0.1, 0.15) is 44.1 Å². The molecule has 0 radical (unpaired) electrons. The Hall–Kier alpha value is -1.69. The van der Waals surface area contributed by atoms with E-state index in [0.717, 1.165) is 23.3 Å². The van der Waals surface area contributed by atoms with Crippen LogP contribution in [0.15, 0.2) is 30.3 Å². The smallest absolute Gasteiger partial charge is 0.410 e. The van der Waals surface area contributed by atoms with Crippen molar-refractivity contribution in [2.45, 2.75) is 57.2 Å². The summed E-state index contributed by atoms with van der Waals surface area (Å²) in [7, 11) is 0. The topological polar surface area (TPSA) is 49.8 Å². The van der Waals surface area contributed by atoms with Gasteiger partial charge in [-0.2, -0.15) is 0 Å². The summed E-state index contributed by atoms with van der Waals surface area (Å²) >= 11 is 0. The number of piperidine rings is 1. The Balaban J connectivity index is 1.48. The van der Waals surface area contributed by atoms with Gasteiger partial charge in [0.2, 0.25) is 0 Å². The van der Waals surface area contributed by atoms with E-state index < -0.39 is 24.5 Å². The van der Waals surface area contributed by atoms with Gasteiger partial charge in [0.1, 0.15) is 6.61 Å². The third-order valence-corrected chi connectivity index (χ3v) is 5.64. The lowest BCUT2D eigenvalue weighted by Gasteiger charge is -2.39. The number of carbonyl (C=O) groups excluding carboxylic acids is 1. The van der Waals surface area contributed by atoms with Gasteiger partial charge in [0.05, 0.1) is 12.6 Å². The first kappa shape index (κ1) is 19.1. The monoisotopic (exact) mass is 367 g/mol. The van der Waals surface area contributed by atoms with E-state index in [1.54, 1.807) is 0 Å². The number of alkyl halides is 2. The predicted octanol–water partition coefficient (Wildman–Crippen LogP) is 4.22. The van der Waals surface area contributed by atoms with Crippen molar-refractivity contribution >= 4 is 6.09 Å². The number of hydrogen-bond acceptors (Lipinski definition) is 3. The molecule has 1 N–H and O–H groups in total. The molecule has 1 aliphatic heterocycles. The number of nitrogens with zero attached hydrogens (tertiary/aromatic N) is 1. The van der Waals surface area contributed by atoms with Gasteiger partial charge in [-0.05, 0) is 50.0 Å². The van der Waals surface area contributed by atoms with Crippen molar-refractivity contribution in [3.8, 4) is 0 Å². The van der Waals surface area contributed by atoms with Gasteiger partial charge in [-0.25, -0.2) is 13.6 Å². The SMILES string of the molecule is O=C(OCc1ccccc1)N1CCC(CC2CCC(O)CC2)C(F)(F)C1. The van der Waals surface area contributed by atoms with E-state index >= 15 is 0 Å². The standard InChI is InChI=1S/C20H27F2NO3/c21-20(22)14-23(19(25)26-13-16-4-2-1-3-5-16)11-10-17(20)12-15-6-8-18(24)9-7-15/h1-5,15,17-18,24H,6-14H2. The van der Waals surface area contributed by atoms with E-state index in [2.05, 4.69) is 0 Å². The maximum absolute atomic E-state index is 14.6. The molecule has 1 aromatic carbocycles. The summed E-state index contributed by atoms with van der Waals surface area (Å²) in [5, 5.41) is 9.56. The minimum Gasteiger partial charge on any atom is -0.445 e. The van der Waals surface area contributed by atoms with Gasteiger partial charge >= 0.3 is 6.09 Å². The van der Waals surface area contributed by atoms with Crippen molar-refractivity contribution in [1.82, 2.24) is 4.90 Å². The zero-order valence-corrected chi connectivity index (χ0v) is 14.9. The normalized spacial score (nSPS) is 28.6. The number of halogens is 2. The third kappa shape index (κ3) is 4.93. The molecule has 2 fully saturated rings. The van der Waals surface area contributed by atoms with E-state index in [9.17, 15) is 18.7 Å². The lowest BCUT2D eigenvalue weighted by molar-refractivity contribution is -0.114. The molecule has 26 heavy (non-hydrogen) atoms. The Morgan fingerprint density at radius 3 is 2.50 bits per heavy atom. The van der Waals surface area contributed by atoms with Crippen LogP contribution in [0.25, 0.3) is 0 Å². The van der Waals surface area contributed by atoms with Crippen LogP contribution in [0.2, 0.25) is 0 Å². The molecule has 4 nitrogen and oxygen atoms in total. The number of likely N-dealkylation sites (tertiary alicyclic amines) is 1. The first-order chi connectivity index (χ1) is 12.4. The van der Waals surface area contributed by atoms with Gasteiger partial charge in [-0.1, -0.05) is 30.3 Å². The minimum atomic E-state index is -2.89. The molecule has 0 bridgehead atoms. The molecule has 0 spiro atoms. The van der Waals surface area contributed by atoms with Crippen LogP contribution in [-0.2, 0) is 11.3 Å². The Kier molecular flexibility index (Phi) is 6.12. The Bertz CT molecular complexity index is 588. The van der Waals surface area contributed by atoms with E-state index in [-0.39, 0.29) is 18.6 Å². The second-order valence-corrected chi connectivity index (χ2v) is 7.62. The summed E-state index contributed by atoms with van der Waals surface area (Å²) in [6, 6.07) is 9.20. The van der Waals surface area contributed by atoms with Crippen LogP contribution >= 0.6 is 0 Å². The molecule has 1 saturated heterocycles. The van der Waals surface area contributed by atoms with Gasteiger partial charge in [0.25, 0.3) is 5.92 Å². The highest BCUT2D eigenvalue weighted by molar-refractivity contribution is 5.67. The molecule has 1 unspecified atom stereocenters. The minimum absolute atomic E-state index is 0.0928. The lowest BCUT2D eigenvalue weighted by Crippen LogP contribution is -2.51. The van der Waals surface area contributed by atoms with Crippen LogP contribution in [0, 0.1) is 11.8 Å². The summed E-state index contributed by atoms with van der Waals surface area (Å²) in [4.78, 5) is 13.3. The molecule has 1 heterocycles. The van der Waals surface area contributed by atoms with Gasteiger partial charge in [-0.15, -0.1) is 0 Å². The molecule has 1 saturated carbocycles. The summed E-state index contributed by atoms with van der Waals surface area (Å²) in [6.07, 6.45) is 2.88. The van der Waals surface area contributed by atoms with Crippen molar-refractivity contribution in [2.24, 2.45) is 11.8 Å². The number of ether oxygens (including phenoxy) is 1. The Morgan fingerprint density at radius 2 is 1.85 bits per heavy atom. The molecule has 2 aliphatic rings. The second kappa shape index (κ2) is 8.33. The zero-order chi connectivity index (χ0) is 18.6. The van der Waals surface area contributed by atoms with Crippen molar-refractivity contribution in [3.63, 3.8) is 0 Å². The molecule has 144 valence electrons. The first-order valence-corrected chi connectivity index (χ1v) is 9.45. The summed E-state index contributed by atoms with van der Waals surface area (Å²) in [6.45, 7) is -0.167. The quantitative estimate of drug-likeness (QED) is 0.867. The van der Waals surface area contributed by atoms with Crippen LogP contribution in [0.3, 0.4) is 0 Å². The highest BCUT2D eigenvalue weighted by Gasteiger charge is 2.46. The fourth-order valence-corrected chi connectivity index (χ4v) is 4.03. The maximum atomic E-state index is 14.6. The van der Waals surface area contributed by atoms with E-state index in [4.69, 9.17) is 4.74 Å². The van der Waals surface area contributed by atoms with Crippen molar-refractivity contribution in [2.75, 3.05) is 13.1 Å². The fraction of sp³-hybridized carbons (Fsp3) is 0.650. The van der Waals surface area contributed by atoms with Crippen molar-refractivity contribution < 1.29 is 23.4 Å². The largest absolute Gasteiger partial charge is 0.445 e. The fourth-order valence-electron chi connectivity index (χ4n) is 4.03. The molecule has 0 aromatic heterocycles. The third-order valence-electron chi connectivity index (χ3n) is 5.64. The Labute approximate surface area is 153 Å². The molecule has 1 atom stereocenters. The number of aliphatic hydroxyl groups excluding tert-OH is 1. The van der Waals surface area contributed by atoms with E-state index in [0.29, 0.717) is 32.2 Å². The molecule has 1 amide bonds. The number of carbonyl (C=O) groups is 1. The first-order valence-electron chi connectivity index (χ1n) is 9.45. The second-order valence-electron chi connectivity index (χ2n) is 7.62. The number of amides is 1. The molecular formula is C20H27F2NO3. The van der Waals surface area contributed by atoms with Gasteiger partial charge < -0.3 is 14.7 Å². The van der Waals surface area contributed by atoms with Gasteiger partial charge in [0.15, 0.2) is 0 Å². The average Bonchev–Trinajstić information content (AvgIpc) is 2.63. The van der Waals surface area contributed by atoms with Crippen LogP contribution < -0.4 is 0 Å². The number of benzene rings is 1. The summed E-state index contributed by atoms with van der Waals surface area (Å²) in [5.74, 6) is -3.33.